The average molecular weight is 243 g/mol. The SMILES string of the molecule is CCNc1cc(-c2ccccc2)nc(COC)n1. The maximum Gasteiger partial charge on any atom is 0.157 e. The molecule has 0 aliphatic rings. The average Bonchev–Trinajstić information content (AvgIpc) is 2.40. The van der Waals surface area contributed by atoms with Crippen LogP contribution in [0.5, 0.6) is 0 Å². The van der Waals surface area contributed by atoms with Gasteiger partial charge in [0.2, 0.25) is 0 Å². The molecule has 0 saturated carbocycles. The van der Waals surface area contributed by atoms with Crippen LogP contribution >= 0.6 is 0 Å². The topological polar surface area (TPSA) is 47.0 Å². The van der Waals surface area contributed by atoms with E-state index in [1.54, 1.807) is 7.11 Å². The van der Waals surface area contributed by atoms with E-state index in [-0.39, 0.29) is 0 Å². The molecular weight excluding hydrogens is 226 g/mol. The lowest BCUT2D eigenvalue weighted by Gasteiger charge is -2.08. The van der Waals surface area contributed by atoms with E-state index >= 15 is 0 Å². The molecule has 94 valence electrons. The van der Waals surface area contributed by atoms with E-state index in [2.05, 4.69) is 15.3 Å². The number of benzene rings is 1. The van der Waals surface area contributed by atoms with Crippen molar-refractivity contribution in [2.75, 3.05) is 19.0 Å². The highest BCUT2D eigenvalue weighted by Crippen LogP contribution is 2.19. The number of hydrogen-bond donors (Lipinski definition) is 1. The minimum Gasteiger partial charge on any atom is -0.377 e. The number of hydrogen-bond acceptors (Lipinski definition) is 4. The van der Waals surface area contributed by atoms with E-state index in [1.165, 1.54) is 0 Å². The summed E-state index contributed by atoms with van der Waals surface area (Å²) in [7, 11) is 1.64. The molecule has 4 heteroatoms. The first-order chi connectivity index (χ1) is 8.83. The Morgan fingerprint density at radius 3 is 2.61 bits per heavy atom. The maximum atomic E-state index is 5.10. The van der Waals surface area contributed by atoms with Crippen molar-refractivity contribution in [3.63, 3.8) is 0 Å². The van der Waals surface area contributed by atoms with Gasteiger partial charge in [-0.1, -0.05) is 30.3 Å². The molecule has 0 unspecified atom stereocenters. The molecule has 1 heterocycles. The molecule has 4 nitrogen and oxygen atoms in total. The largest absolute Gasteiger partial charge is 0.377 e. The second-order valence-corrected chi connectivity index (χ2v) is 3.88. The smallest absolute Gasteiger partial charge is 0.157 e. The van der Waals surface area contributed by atoms with Crippen molar-refractivity contribution in [2.45, 2.75) is 13.5 Å². The minimum atomic E-state index is 0.416. The second kappa shape index (κ2) is 6.12. The Morgan fingerprint density at radius 2 is 1.94 bits per heavy atom. The molecule has 0 bridgehead atoms. The van der Waals surface area contributed by atoms with Crippen LogP contribution in [0, 0.1) is 0 Å². The number of ether oxygens (including phenoxy) is 1. The quantitative estimate of drug-likeness (QED) is 0.877. The normalized spacial score (nSPS) is 10.3. The van der Waals surface area contributed by atoms with Crippen LogP contribution in [0.3, 0.4) is 0 Å². The van der Waals surface area contributed by atoms with E-state index in [0.29, 0.717) is 12.4 Å². The zero-order chi connectivity index (χ0) is 12.8. The predicted octanol–water partition coefficient (Wildman–Crippen LogP) is 2.72. The molecule has 1 aromatic heterocycles. The molecule has 0 spiro atoms. The van der Waals surface area contributed by atoms with Gasteiger partial charge < -0.3 is 10.1 Å². The molecule has 18 heavy (non-hydrogen) atoms. The Kier molecular flexibility index (Phi) is 4.25. The van der Waals surface area contributed by atoms with Gasteiger partial charge >= 0.3 is 0 Å². The third-order valence-corrected chi connectivity index (χ3v) is 2.47. The third-order valence-electron chi connectivity index (χ3n) is 2.47. The number of methoxy groups -OCH3 is 1. The van der Waals surface area contributed by atoms with Crippen LogP contribution < -0.4 is 5.32 Å². The van der Waals surface area contributed by atoms with Gasteiger partial charge in [0.25, 0.3) is 0 Å². The van der Waals surface area contributed by atoms with Crippen molar-refractivity contribution < 1.29 is 4.74 Å². The molecule has 0 radical (unpaired) electrons. The van der Waals surface area contributed by atoms with Crippen LogP contribution in [0.15, 0.2) is 36.4 Å². The highest BCUT2D eigenvalue weighted by Gasteiger charge is 2.05. The first kappa shape index (κ1) is 12.5. The molecule has 2 aromatic rings. The van der Waals surface area contributed by atoms with Gasteiger partial charge in [-0.25, -0.2) is 9.97 Å². The van der Waals surface area contributed by atoms with Gasteiger partial charge in [0, 0.05) is 25.3 Å². The van der Waals surface area contributed by atoms with Crippen LogP contribution in [0.4, 0.5) is 5.82 Å². The molecule has 0 aliphatic carbocycles. The van der Waals surface area contributed by atoms with Gasteiger partial charge in [-0.05, 0) is 6.92 Å². The zero-order valence-electron chi connectivity index (χ0n) is 10.7. The molecule has 1 N–H and O–H groups in total. The summed E-state index contributed by atoms with van der Waals surface area (Å²) in [6.45, 7) is 3.29. The van der Waals surface area contributed by atoms with Crippen molar-refractivity contribution in [3.8, 4) is 11.3 Å². The Morgan fingerprint density at radius 1 is 1.17 bits per heavy atom. The summed E-state index contributed by atoms with van der Waals surface area (Å²) in [5.74, 6) is 1.52. The van der Waals surface area contributed by atoms with Gasteiger partial charge in [0.05, 0.1) is 5.69 Å². The third kappa shape index (κ3) is 3.05. The van der Waals surface area contributed by atoms with E-state index in [1.807, 2.05) is 43.3 Å². The monoisotopic (exact) mass is 243 g/mol. The minimum absolute atomic E-state index is 0.416. The molecule has 0 fully saturated rings. The lowest BCUT2D eigenvalue weighted by molar-refractivity contribution is 0.178. The van der Waals surface area contributed by atoms with Crippen molar-refractivity contribution in [1.29, 1.82) is 0 Å². The molecule has 1 aromatic carbocycles. The summed E-state index contributed by atoms with van der Waals surface area (Å²) in [6, 6.07) is 12.0. The predicted molar refractivity (Wildman–Crippen MR) is 72.3 cm³/mol. The zero-order valence-corrected chi connectivity index (χ0v) is 10.7. The van der Waals surface area contributed by atoms with Crippen LogP contribution in [-0.2, 0) is 11.3 Å². The van der Waals surface area contributed by atoms with E-state index in [4.69, 9.17) is 4.74 Å². The maximum absolute atomic E-state index is 5.10. The summed E-state index contributed by atoms with van der Waals surface area (Å²) >= 11 is 0. The number of aromatic nitrogens is 2. The fourth-order valence-corrected chi connectivity index (χ4v) is 1.72. The van der Waals surface area contributed by atoms with Crippen LogP contribution in [0.1, 0.15) is 12.7 Å². The van der Waals surface area contributed by atoms with Gasteiger partial charge in [-0.15, -0.1) is 0 Å². The Hall–Kier alpha value is -1.94. The lowest BCUT2D eigenvalue weighted by atomic mass is 10.1. The van der Waals surface area contributed by atoms with Gasteiger partial charge in [0.1, 0.15) is 12.4 Å². The van der Waals surface area contributed by atoms with E-state index in [9.17, 15) is 0 Å². The van der Waals surface area contributed by atoms with E-state index in [0.717, 1.165) is 23.6 Å². The second-order valence-electron chi connectivity index (χ2n) is 3.88. The van der Waals surface area contributed by atoms with Crippen molar-refractivity contribution in [1.82, 2.24) is 9.97 Å². The Labute approximate surface area is 107 Å². The highest BCUT2D eigenvalue weighted by molar-refractivity contribution is 5.62. The van der Waals surface area contributed by atoms with Gasteiger partial charge in [-0.3, -0.25) is 0 Å². The summed E-state index contributed by atoms with van der Waals surface area (Å²) in [5, 5.41) is 3.21. The molecule has 0 aliphatic heterocycles. The number of anilines is 1. The lowest BCUT2D eigenvalue weighted by Crippen LogP contribution is -2.05. The van der Waals surface area contributed by atoms with Crippen molar-refractivity contribution in [2.24, 2.45) is 0 Å². The summed E-state index contributed by atoms with van der Waals surface area (Å²) in [4.78, 5) is 8.89. The Bertz CT molecular complexity index is 475. The fraction of sp³-hybridized carbons (Fsp3) is 0.286. The molecular formula is C14H17N3O. The molecule has 2 rings (SSSR count). The van der Waals surface area contributed by atoms with Crippen molar-refractivity contribution >= 4 is 5.82 Å². The van der Waals surface area contributed by atoms with Gasteiger partial charge in [0.15, 0.2) is 5.82 Å². The van der Waals surface area contributed by atoms with Crippen LogP contribution in [-0.4, -0.2) is 23.6 Å². The molecule has 0 atom stereocenters. The first-order valence-electron chi connectivity index (χ1n) is 5.99. The van der Waals surface area contributed by atoms with Crippen LogP contribution in [0.25, 0.3) is 11.3 Å². The van der Waals surface area contributed by atoms with Gasteiger partial charge in [-0.2, -0.15) is 0 Å². The molecule has 0 saturated heterocycles. The number of nitrogens with one attached hydrogen (secondary N) is 1. The van der Waals surface area contributed by atoms with Crippen molar-refractivity contribution in [3.05, 3.63) is 42.2 Å². The Balaban J connectivity index is 2.39. The fourth-order valence-electron chi connectivity index (χ4n) is 1.72. The summed E-state index contributed by atoms with van der Waals surface area (Å²) in [5.41, 5.74) is 1.99. The van der Waals surface area contributed by atoms with Crippen LogP contribution in [0.2, 0.25) is 0 Å². The number of nitrogens with zero attached hydrogens (tertiary/aromatic N) is 2. The number of rotatable bonds is 5. The summed E-state index contributed by atoms with van der Waals surface area (Å²) in [6.07, 6.45) is 0. The molecule has 0 amide bonds. The highest BCUT2D eigenvalue weighted by atomic mass is 16.5. The van der Waals surface area contributed by atoms with E-state index < -0.39 is 0 Å². The standard InChI is InChI=1S/C14H17N3O/c1-3-15-13-9-12(11-7-5-4-6-8-11)16-14(17-13)10-18-2/h4-9H,3,10H2,1-2H3,(H,15,16,17). The summed E-state index contributed by atoms with van der Waals surface area (Å²) < 4.78 is 5.10. The first-order valence-corrected chi connectivity index (χ1v) is 5.99.